The van der Waals surface area contributed by atoms with Crippen molar-refractivity contribution in [2.45, 2.75) is 37.8 Å². The van der Waals surface area contributed by atoms with Gasteiger partial charge in [0.2, 0.25) is 12.7 Å². The van der Waals surface area contributed by atoms with Crippen LogP contribution in [0.5, 0.6) is 11.5 Å². The molecule has 2 aromatic carbocycles. The molecule has 3 aliphatic rings. The summed E-state index contributed by atoms with van der Waals surface area (Å²) in [6, 6.07) is 11.3. The first-order chi connectivity index (χ1) is 16.5. The van der Waals surface area contributed by atoms with Gasteiger partial charge in [-0.3, -0.25) is 14.4 Å². The lowest BCUT2D eigenvalue weighted by atomic mass is 9.88. The Labute approximate surface area is 202 Å². The molecule has 0 bridgehead atoms. The van der Waals surface area contributed by atoms with Gasteiger partial charge >= 0.3 is 0 Å². The van der Waals surface area contributed by atoms with Gasteiger partial charge in [0, 0.05) is 35.3 Å². The summed E-state index contributed by atoms with van der Waals surface area (Å²) in [5.74, 6) is 0.468. The third kappa shape index (κ3) is 4.97. The highest BCUT2D eigenvalue weighted by Gasteiger charge is 2.36. The molecule has 2 heterocycles. The number of likely N-dealkylation sites (tertiary alicyclic amines) is 1. The number of halogens is 1. The van der Waals surface area contributed by atoms with E-state index < -0.39 is 6.04 Å². The number of rotatable bonds is 6. The highest BCUT2D eigenvalue weighted by Crippen LogP contribution is 2.32. The molecule has 1 saturated heterocycles. The molecule has 1 aliphatic carbocycles. The SMILES string of the molecule is O=C(NC(C(=O)NC1CC1)C1CCN(C(=O)c2ccc(Cl)cc2)CC1)c1ccc2c(c1)OCO2. The molecule has 1 atom stereocenters. The van der Waals surface area contributed by atoms with E-state index in [0.717, 1.165) is 12.8 Å². The molecule has 0 aromatic heterocycles. The summed E-state index contributed by atoms with van der Waals surface area (Å²) in [6.07, 6.45) is 3.15. The Morgan fingerprint density at radius 3 is 2.29 bits per heavy atom. The number of carbonyl (C=O) groups is 3. The van der Waals surface area contributed by atoms with Gasteiger partial charge in [-0.25, -0.2) is 0 Å². The zero-order chi connectivity index (χ0) is 23.7. The smallest absolute Gasteiger partial charge is 0.253 e. The van der Waals surface area contributed by atoms with Gasteiger partial charge in [-0.05, 0) is 74.1 Å². The van der Waals surface area contributed by atoms with Crippen molar-refractivity contribution < 1.29 is 23.9 Å². The predicted molar refractivity (Wildman–Crippen MR) is 125 cm³/mol. The van der Waals surface area contributed by atoms with E-state index in [1.807, 2.05) is 0 Å². The van der Waals surface area contributed by atoms with Crippen LogP contribution in [0.2, 0.25) is 5.02 Å². The van der Waals surface area contributed by atoms with Crippen LogP contribution in [0.3, 0.4) is 0 Å². The van der Waals surface area contributed by atoms with Crippen molar-refractivity contribution in [2.24, 2.45) is 5.92 Å². The van der Waals surface area contributed by atoms with Crippen LogP contribution in [-0.2, 0) is 4.79 Å². The summed E-state index contributed by atoms with van der Waals surface area (Å²) < 4.78 is 10.7. The third-order valence-corrected chi connectivity index (χ3v) is 6.77. The number of fused-ring (bicyclic) bond motifs is 1. The molecule has 3 amide bonds. The second-order valence-electron chi connectivity index (χ2n) is 8.94. The largest absolute Gasteiger partial charge is 0.454 e. The number of nitrogens with zero attached hydrogens (tertiary/aromatic N) is 1. The lowest BCUT2D eigenvalue weighted by molar-refractivity contribution is -0.124. The maximum absolute atomic E-state index is 13.1. The molecule has 2 N–H and O–H groups in total. The van der Waals surface area contributed by atoms with Crippen molar-refractivity contribution in [3.8, 4) is 11.5 Å². The number of nitrogens with one attached hydrogen (secondary N) is 2. The Bertz CT molecular complexity index is 1090. The number of hydrogen-bond acceptors (Lipinski definition) is 5. The lowest BCUT2D eigenvalue weighted by Crippen LogP contribution is -2.54. The van der Waals surface area contributed by atoms with Crippen LogP contribution >= 0.6 is 11.6 Å². The van der Waals surface area contributed by atoms with E-state index in [4.69, 9.17) is 21.1 Å². The third-order valence-electron chi connectivity index (χ3n) is 6.52. The Hall–Kier alpha value is -3.26. The summed E-state index contributed by atoms with van der Waals surface area (Å²) in [4.78, 5) is 40.7. The molecular weight excluding hydrogens is 458 g/mol. The molecule has 178 valence electrons. The van der Waals surface area contributed by atoms with E-state index in [0.29, 0.717) is 53.6 Å². The van der Waals surface area contributed by atoms with Gasteiger partial charge in [-0.2, -0.15) is 0 Å². The van der Waals surface area contributed by atoms with Gasteiger partial charge in [-0.1, -0.05) is 11.6 Å². The maximum Gasteiger partial charge on any atom is 0.253 e. The van der Waals surface area contributed by atoms with Crippen molar-refractivity contribution in [3.05, 3.63) is 58.6 Å². The lowest BCUT2D eigenvalue weighted by Gasteiger charge is -2.36. The number of amides is 3. The zero-order valence-corrected chi connectivity index (χ0v) is 19.3. The minimum atomic E-state index is -0.675. The molecule has 2 fully saturated rings. The Balaban J connectivity index is 1.25. The fourth-order valence-corrected chi connectivity index (χ4v) is 4.52. The zero-order valence-electron chi connectivity index (χ0n) is 18.6. The topological polar surface area (TPSA) is 97.0 Å². The number of hydrogen-bond donors (Lipinski definition) is 2. The highest BCUT2D eigenvalue weighted by molar-refractivity contribution is 6.30. The summed E-state index contributed by atoms with van der Waals surface area (Å²) in [5, 5.41) is 6.55. The fourth-order valence-electron chi connectivity index (χ4n) is 4.39. The monoisotopic (exact) mass is 483 g/mol. The Morgan fingerprint density at radius 1 is 0.912 bits per heavy atom. The van der Waals surface area contributed by atoms with Crippen molar-refractivity contribution in [3.63, 3.8) is 0 Å². The minimum Gasteiger partial charge on any atom is -0.454 e. The summed E-state index contributed by atoms with van der Waals surface area (Å²) >= 11 is 5.93. The van der Waals surface area contributed by atoms with E-state index in [2.05, 4.69) is 10.6 Å². The standard InChI is InChI=1S/C25H26ClN3O5/c26-18-4-1-16(2-5-18)25(32)29-11-9-15(10-12-29)22(24(31)27-19-6-7-19)28-23(30)17-3-8-20-21(13-17)34-14-33-20/h1-5,8,13,15,19,22H,6-7,9-12,14H2,(H,27,31)(H,28,30). The van der Waals surface area contributed by atoms with Crippen LogP contribution in [0.25, 0.3) is 0 Å². The molecule has 5 rings (SSSR count). The van der Waals surface area contributed by atoms with Gasteiger partial charge in [-0.15, -0.1) is 0 Å². The molecule has 34 heavy (non-hydrogen) atoms. The molecule has 1 saturated carbocycles. The summed E-state index contributed by atoms with van der Waals surface area (Å²) in [5.41, 5.74) is 0.991. The van der Waals surface area contributed by atoms with E-state index in [1.54, 1.807) is 47.4 Å². The molecule has 2 aromatic rings. The first kappa shape index (κ1) is 22.5. The number of ether oxygens (including phenoxy) is 2. The highest BCUT2D eigenvalue weighted by atomic mass is 35.5. The molecule has 8 nitrogen and oxygen atoms in total. The van der Waals surface area contributed by atoms with Crippen molar-refractivity contribution in [1.82, 2.24) is 15.5 Å². The number of benzene rings is 2. The van der Waals surface area contributed by atoms with Crippen LogP contribution in [-0.4, -0.2) is 54.6 Å². The number of piperidine rings is 1. The van der Waals surface area contributed by atoms with Crippen LogP contribution < -0.4 is 20.1 Å². The van der Waals surface area contributed by atoms with Gasteiger partial charge in [0.05, 0.1) is 0 Å². The predicted octanol–water partition coefficient (Wildman–Crippen LogP) is 3.00. The normalized spacial score (nSPS) is 18.3. The summed E-state index contributed by atoms with van der Waals surface area (Å²) in [7, 11) is 0. The molecule has 0 spiro atoms. The van der Waals surface area contributed by atoms with Gasteiger partial charge in [0.25, 0.3) is 11.8 Å². The maximum atomic E-state index is 13.1. The van der Waals surface area contributed by atoms with Gasteiger partial charge in [0.15, 0.2) is 11.5 Å². The first-order valence-electron chi connectivity index (χ1n) is 11.5. The van der Waals surface area contributed by atoms with Crippen molar-refractivity contribution in [2.75, 3.05) is 19.9 Å². The van der Waals surface area contributed by atoms with Gasteiger partial charge in [0.1, 0.15) is 6.04 Å². The van der Waals surface area contributed by atoms with E-state index >= 15 is 0 Å². The van der Waals surface area contributed by atoms with Crippen LogP contribution in [0.15, 0.2) is 42.5 Å². The second-order valence-corrected chi connectivity index (χ2v) is 9.37. The molecule has 0 radical (unpaired) electrons. The van der Waals surface area contributed by atoms with Crippen LogP contribution in [0.1, 0.15) is 46.4 Å². The van der Waals surface area contributed by atoms with E-state index in [1.165, 1.54) is 0 Å². The minimum absolute atomic E-state index is 0.0569. The van der Waals surface area contributed by atoms with Crippen molar-refractivity contribution in [1.29, 1.82) is 0 Å². The van der Waals surface area contributed by atoms with E-state index in [9.17, 15) is 14.4 Å². The average molecular weight is 484 g/mol. The fraction of sp³-hybridized carbons (Fsp3) is 0.400. The molecule has 9 heteroatoms. The number of carbonyl (C=O) groups excluding carboxylic acids is 3. The molecule has 2 aliphatic heterocycles. The van der Waals surface area contributed by atoms with Crippen molar-refractivity contribution >= 4 is 29.3 Å². The second kappa shape index (κ2) is 9.54. The quantitative estimate of drug-likeness (QED) is 0.658. The Morgan fingerprint density at radius 2 is 1.59 bits per heavy atom. The van der Waals surface area contributed by atoms with Crippen LogP contribution in [0, 0.1) is 5.92 Å². The first-order valence-corrected chi connectivity index (χ1v) is 11.9. The Kier molecular flexibility index (Phi) is 6.32. The van der Waals surface area contributed by atoms with Gasteiger partial charge < -0.3 is 25.0 Å². The molecular formula is C25H26ClN3O5. The van der Waals surface area contributed by atoms with E-state index in [-0.39, 0.29) is 36.5 Å². The summed E-state index contributed by atoms with van der Waals surface area (Å²) in [6.45, 7) is 1.15. The molecule has 1 unspecified atom stereocenters. The average Bonchev–Trinajstić information content (AvgIpc) is 3.54. The van der Waals surface area contributed by atoms with Crippen LogP contribution in [0.4, 0.5) is 0 Å².